The standard InChI is InChI=1S/C27H28N6O2/c34-27(25-7-4-16-33(25)18-21-5-2-1-3-6-21)28-17-20-10-14-24(15-11-20)35-19-22-8-12-23(13-9-22)26-29-31-32-30-26/h1-3,5-6,8-15,25H,4,7,16-19H2,(H,28,34)(H,29,30,31,32)/t25-/m0/s1. The number of rotatable bonds is 9. The van der Waals surface area contributed by atoms with Crippen LogP contribution in [0.4, 0.5) is 0 Å². The summed E-state index contributed by atoms with van der Waals surface area (Å²) in [6.45, 7) is 2.73. The van der Waals surface area contributed by atoms with Gasteiger partial charge in [0.25, 0.3) is 0 Å². The maximum Gasteiger partial charge on any atom is 0.237 e. The number of nitrogens with one attached hydrogen (secondary N) is 2. The molecule has 8 nitrogen and oxygen atoms in total. The minimum absolute atomic E-state index is 0.0655. The quantitative estimate of drug-likeness (QED) is 0.389. The molecular formula is C27H28N6O2. The molecule has 3 aromatic carbocycles. The topological polar surface area (TPSA) is 96.0 Å². The molecule has 0 bridgehead atoms. The lowest BCUT2D eigenvalue weighted by atomic mass is 10.1. The Balaban J connectivity index is 1.09. The number of amides is 1. The highest BCUT2D eigenvalue weighted by Gasteiger charge is 2.30. The zero-order valence-electron chi connectivity index (χ0n) is 19.4. The van der Waals surface area contributed by atoms with Crippen molar-refractivity contribution in [2.75, 3.05) is 6.54 Å². The molecule has 35 heavy (non-hydrogen) atoms. The van der Waals surface area contributed by atoms with Crippen LogP contribution in [0.1, 0.15) is 29.5 Å². The van der Waals surface area contributed by atoms with Gasteiger partial charge >= 0.3 is 0 Å². The van der Waals surface area contributed by atoms with Gasteiger partial charge in [-0.3, -0.25) is 9.69 Å². The van der Waals surface area contributed by atoms with Crippen LogP contribution in [0.25, 0.3) is 11.4 Å². The Kier molecular flexibility index (Phi) is 7.10. The van der Waals surface area contributed by atoms with Crippen molar-refractivity contribution in [1.29, 1.82) is 0 Å². The fraction of sp³-hybridized carbons (Fsp3) is 0.259. The first-order chi connectivity index (χ1) is 17.2. The number of nitrogens with zero attached hydrogens (tertiary/aromatic N) is 4. The van der Waals surface area contributed by atoms with Crippen LogP contribution < -0.4 is 10.1 Å². The molecule has 0 saturated carbocycles. The van der Waals surface area contributed by atoms with Gasteiger partial charge in [0.1, 0.15) is 12.4 Å². The number of likely N-dealkylation sites (tertiary alicyclic amines) is 1. The molecule has 1 saturated heterocycles. The lowest BCUT2D eigenvalue weighted by Gasteiger charge is -2.23. The summed E-state index contributed by atoms with van der Waals surface area (Å²) < 4.78 is 5.91. The second-order valence-electron chi connectivity index (χ2n) is 8.70. The minimum Gasteiger partial charge on any atom is -0.489 e. The summed E-state index contributed by atoms with van der Waals surface area (Å²) in [5.74, 6) is 1.45. The monoisotopic (exact) mass is 468 g/mol. The van der Waals surface area contributed by atoms with Crippen molar-refractivity contribution in [1.82, 2.24) is 30.8 Å². The molecule has 4 aromatic rings. The zero-order chi connectivity index (χ0) is 23.9. The van der Waals surface area contributed by atoms with Crippen LogP contribution in [-0.4, -0.2) is 44.0 Å². The van der Waals surface area contributed by atoms with E-state index in [0.29, 0.717) is 19.0 Å². The maximum atomic E-state index is 12.9. The fourth-order valence-corrected chi connectivity index (χ4v) is 4.34. The molecule has 1 aromatic heterocycles. The summed E-state index contributed by atoms with van der Waals surface area (Å²) >= 11 is 0. The number of tetrazole rings is 1. The summed E-state index contributed by atoms with van der Waals surface area (Å²) in [5.41, 5.74) is 4.23. The maximum absolute atomic E-state index is 12.9. The Labute approximate surface area is 204 Å². The third-order valence-corrected chi connectivity index (χ3v) is 6.25. The Morgan fingerprint density at radius 3 is 2.49 bits per heavy atom. The number of hydrogen-bond donors (Lipinski definition) is 2. The van der Waals surface area contributed by atoms with E-state index >= 15 is 0 Å². The van der Waals surface area contributed by atoms with Gasteiger partial charge in [-0.15, -0.1) is 10.2 Å². The van der Waals surface area contributed by atoms with E-state index in [1.165, 1.54) is 5.56 Å². The van der Waals surface area contributed by atoms with Crippen LogP contribution in [0, 0.1) is 0 Å². The van der Waals surface area contributed by atoms with E-state index in [2.05, 4.69) is 43.0 Å². The molecule has 1 amide bonds. The lowest BCUT2D eigenvalue weighted by molar-refractivity contribution is -0.125. The molecule has 1 atom stereocenters. The first kappa shape index (κ1) is 22.7. The Hall–Kier alpha value is -4.04. The normalized spacial score (nSPS) is 15.7. The highest BCUT2D eigenvalue weighted by atomic mass is 16.5. The largest absolute Gasteiger partial charge is 0.489 e. The van der Waals surface area contributed by atoms with Crippen molar-refractivity contribution >= 4 is 5.91 Å². The lowest BCUT2D eigenvalue weighted by Crippen LogP contribution is -2.42. The van der Waals surface area contributed by atoms with E-state index in [0.717, 1.165) is 48.4 Å². The molecule has 8 heteroatoms. The average Bonchev–Trinajstić information content (AvgIpc) is 3.60. The van der Waals surface area contributed by atoms with Crippen LogP contribution in [-0.2, 0) is 24.5 Å². The van der Waals surface area contributed by atoms with Gasteiger partial charge in [0.15, 0.2) is 0 Å². The number of carbonyl (C=O) groups is 1. The summed E-state index contributed by atoms with van der Waals surface area (Å²) in [6, 6.07) is 26.0. The van der Waals surface area contributed by atoms with E-state index in [9.17, 15) is 4.79 Å². The number of hydrogen-bond acceptors (Lipinski definition) is 6. The predicted octanol–water partition coefficient (Wildman–Crippen LogP) is 3.73. The highest BCUT2D eigenvalue weighted by Crippen LogP contribution is 2.21. The first-order valence-corrected chi connectivity index (χ1v) is 11.8. The Morgan fingerprint density at radius 2 is 1.74 bits per heavy atom. The third kappa shape index (κ3) is 5.91. The van der Waals surface area contributed by atoms with E-state index in [4.69, 9.17) is 4.74 Å². The number of carbonyl (C=O) groups excluding carboxylic acids is 1. The van der Waals surface area contributed by atoms with Gasteiger partial charge in [-0.05, 0) is 53.4 Å². The van der Waals surface area contributed by atoms with Crippen LogP contribution in [0.15, 0.2) is 78.9 Å². The predicted molar refractivity (Wildman–Crippen MR) is 132 cm³/mol. The SMILES string of the molecule is O=C(NCc1ccc(OCc2ccc(-c3nn[nH]n3)cc2)cc1)[C@@H]1CCCN1Cc1ccccc1. The molecule has 1 aliphatic rings. The van der Waals surface area contributed by atoms with Crippen molar-refractivity contribution in [2.45, 2.75) is 38.6 Å². The summed E-state index contributed by atoms with van der Waals surface area (Å²) in [4.78, 5) is 15.1. The molecule has 0 aliphatic carbocycles. The molecule has 0 radical (unpaired) electrons. The summed E-state index contributed by atoms with van der Waals surface area (Å²) in [5, 5.41) is 17.1. The van der Waals surface area contributed by atoms with E-state index in [1.54, 1.807) is 0 Å². The highest BCUT2D eigenvalue weighted by molar-refractivity contribution is 5.82. The summed E-state index contributed by atoms with van der Waals surface area (Å²) in [6.07, 6.45) is 1.96. The van der Waals surface area contributed by atoms with Crippen molar-refractivity contribution < 1.29 is 9.53 Å². The van der Waals surface area contributed by atoms with Crippen molar-refractivity contribution in [3.05, 3.63) is 95.6 Å². The molecule has 2 N–H and O–H groups in total. The number of benzene rings is 3. The molecule has 0 spiro atoms. The minimum atomic E-state index is -0.0655. The fourth-order valence-electron chi connectivity index (χ4n) is 4.34. The van der Waals surface area contributed by atoms with Crippen LogP contribution in [0.2, 0.25) is 0 Å². The van der Waals surface area contributed by atoms with Gasteiger partial charge in [0.05, 0.1) is 6.04 Å². The summed E-state index contributed by atoms with van der Waals surface area (Å²) in [7, 11) is 0. The Bertz CT molecular complexity index is 1210. The van der Waals surface area contributed by atoms with E-state index in [1.807, 2.05) is 66.7 Å². The van der Waals surface area contributed by atoms with Gasteiger partial charge in [-0.2, -0.15) is 5.21 Å². The number of aromatic nitrogens is 4. The molecule has 5 rings (SSSR count). The molecule has 1 fully saturated rings. The first-order valence-electron chi connectivity index (χ1n) is 11.8. The third-order valence-electron chi connectivity index (χ3n) is 6.25. The van der Waals surface area contributed by atoms with Crippen LogP contribution in [0.3, 0.4) is 0 Å². The van der Waals surface area contributed by atoms with Gasteiger partial charge in [0, 0.05) is 18.7 Å². The van der Waals surface area contributed by atoms with E-state index < -0.39 is 0 Å². The van der Waals surface area contributed by atoms with Gasteiger partial charge in [-0.25, -0.2) is 0 Å². The van der Waals surface area contributed by atoms with Crippen molar-refractivity contribution in [2.24, 2.45) is 0 Å². The smallest absolute Gasteiger partial charge is 0.237 e. The van der Waals surface area contributed by atoms with Gasteiger partial charge < -0.3 is 10.1 Å². The molecule has 178 valence electrons. The number of aromatic amines is 1. The van der Waals surface area contributed by atoms with Crippen molar-refractivity contribution in [3.63, 3.8) is 0 Å². The molecular weight excluding hydrogens is 440 g/mol. The molecule has 2 heterocycles. The molecule has 0 unspecified atom stereocenters. The average molecular weight is 469 g/mol. The van der Waals surface area contributed by atoms with Crippen molar-refractivity contribution in [3.8, 4) is 17.1 Å². The van der Waals surface area contributed by atoms with Gasteiger partial charge in [-0.1, -0.05) is 66.7 Å². The van der Waals surface area contributed by atoms with Crippen LogP contribution >= 0.6 is 0 Å². The second-order valence-corrected chi connectivity index (χ2v) is 8.70. The zero-order valence-corrected chi connectivity index (χ0v) is 19.4. The number of H-pyrrole nitrogens is 1. The Morgan fingerprint density at radius 1 is 0.971 bits per heavy atom. The molecule has 1 aliphatic heterocycles. The number of ether oxygens (including phenoxy) is 1. The van der Waals surface area contributed by atoms with E-state index in [-0.39, 0.29) is 11.9 Å². The van der Waals surface area contributed by atoms with Gasteiger partial charge in [0.2, 0.25) is 11.7 Å². The second kappa shape index (κ2) is 10.9. The van der Waals surface area contributed by atoms with Crippen LogP contribution in [0.5, 0.6) is 5.75 Å².